The van der Waals surface area contributed by atoms with E-state index in [-0.39, 0.29) is 11.8 Å². The fourth-order valence-corrected chi connectivity index (χ4v) is 4.72. The zero-order chi connectivity index (χ0) is 27.8. The lowest BCUT2D eigenvalue weighted by molar-refractivity contribution is 0.0936. The first-order valence-electron chi connectivity index (χ1n) is 15.7. The van der Waals surface area contributed by atoms with E-state index in [2.05, 4.69) is 48.1 Å². The van der Waals surface area contributed by atoms with Crippen LogP contribution >= 0.6 is 0 Å². The Morgan fingerprint density at radius 2 is 0.868 bits per heavy atom. The summed E-state index contributed by atoms with van der Waals surface area (Å²) < 4.78 is 0. The van der Waals surface area contributed by atoms with Gasteiger partial charge in [0.25, 0.3) is 11.8 Å². The van der Waals surface area contributed by atoms with Gasteiger partial charge < -0.3 is 20.4 Å². The van der Waals surface area contributed by atoms with Crippen molar-refractivity contribution < 1.29 is 9.59 Å². The molecule has 0 spiro atoms. The molecule has 2 N–H and O–H groups in total. The fourth-order valence-electron chi connectivity index (χ4n) is 4.72. The minimum atomic E-state index is -0.0825. The Kier molecular flexibility index (Phi) is 20.7. The maximum Gasteiger partial charge on any atom is 0.251 e. The molecule has 0 atom stereocenters. The Hall–Kier alpha value is -1.92. The average Bonchev–Trinajstić information content (AvgIpc) is 2.94. The summed E-state index contributed by atoms with van der Waals surface area (Å²) in [5.41, 5.74) is 1.19. The lowest BCUT2D eigenvalue weighted by Crippen LogP contribution is -2.36. The van der Waals surface area contributed by atoms with Gasteiger partial charge in [0.15, 0.2) is 0 Å². The lowest BCUT2D eigenvalue weighted by Gasteiger charge is -2.20. The van der Waals surface area contributed by atoms with E-state index >= 15 is 0 Å². The summed E-state index contributed by atoms with van der Waals surface area (Å²) in [5.74, 6) is -0.165. The van der Waals surface area contributed by atoms with Crippen LogP contribution in [0.25, 0.3) is 0 Å². The minimum absolute atomic E-state index is 0.0825. The van der Waals surface area contributed by atoms with Gasteiger partial charge in [-0.05, 0) is 63.3 Å². The van der Waals surface area contributed by atoms with E-state index in [1.54, 1.807) is 24.3 Å². The van der Waals surface area contributed by atoms with E-state index in [9.17, 15) is 9.59 Å². The number of nitrogens with zero attached hydrogens (tertiary/aromatic N) is 2. The molecule has 1 aromatic rings. The molecule has 0 aliphatic carbocycles. The molecule has 0 radical (unpaired) electrons. The van der Waals surface area contributed by atoms with Gasteiger partial charge in [-0.1, -0.05) is 91.9 Å². The van der Waals surface area contributed by atoms with Crippen LogP contribution in [0.1, 0.15) is 125 Å². The molecule has 0 saturated carbocycles. The van der Waals surface area contributed by atoms with Gasteiger partial charge in [-0.3, -0.25) is 9.59 Å². The molecule has 1 rings (SSSR count). The zero-order valence-electron chi connectivity index (χ0n) is 25.2. The molecule has 6 heteroatoms. The highest BCUT2D eigenvalue weighted by Crippen LogP contribution is 2.08. The van der Waals surface area contributed by atoms with E-state index in [1.165, 1.54) is 77.0 Å². The second-order valence-electron chi connectivity index (χ2n) is 10.5. The highest BCUT2D eigenvalue weighted by atomic mass is 16.2. The molecule has 0 saturated heterocycles. The summed E-state index contributed by atoms with van der Waals surface area (Å²) in [7, 11) is 0. The zero-order valence-corrected chi connectivity index (χ0v) is 25.2. The first-order chi connectivity index (χ1) is 18.5. The van der Waals surface area contributed by atoms with Crippen LogP contribution in [0.15, 0.2) is 24.3 Å². The van der Waals surface area contributed by atoms with E-state index < -0.39 is 0 Å². The predicted molar refractivity (Wildman–Crippen MR) is 162 cm³/mol. The monoisotopic (exact) mass is 530 g/mol. The van der Waals surface area contributed by atoms with Crippen LogP contribution in [0.3, 0.4) is 0 Å². The maximum absolute atomic E-state index is 12.6. The van der Waals surface area contributed by atoms with Gasteiger partial charge in [-0.25, -0.2) is 0 Å². The number of amides is 2. The third-order valence-corrected chi connectivity index (χ3v) is 7.39. The SMILES string of the molecule is CCCCCCCCN(CC)CCNC(=O)c1ccc(C(=O)NCCN(CC)CCCCCCCC)cc1. The highest BCUT2D eigenvalue weighted by Gasteiger charge is 2.10. The van der Waals surface area contributed by atoms with Crippen molar-refractivity contribution in [3.05, 3.63) is 35.4 Å². The summed E-state index contributed by atoms with van der Waals surface area (Å²) in [6, 6.07) is 6.98. The highest BCUT2D eigenvalue weighted by molar-refractivity contribution is 5.97. The maximum atomic E-state index is 12.6. The normalized spacial score (nSPS) is 11.3. The quantitative estimate of drug-likeness (QED) is 0.150. The van der Waals surface area contributed by atoms with Crippen LogP contribution in [-0.2, 0) is 0 Å². The molecule has 38 heavy (non-hydrogen) atoms. The molecule has 0 bridgehead atoms. The number of carbonyl (C=O) groups is 2. The van der Waals surface area contributed by atoms with Crippen molar-refractivity contribution in [1.29, 1.82) is 0 Å². The molecule has 6 nitrogen and oxygen atoms in total. The Morgan fingerprint density at radius 1 is 0.526 bits per heavy atom. The number of carbonyl (C=O) groups excluding carboxylic acids is 2. The molecule has 0 heterocycles. The van der Waals surface area contributed by atoms with E-state index in [0.717, 1.165) is 39.3 Å². The number of rotatable bonds is 24. The Morgan fingerprint density at radius 3 is 1.21 bits per heavy atom. The summed E-state index contributed by atoms with van der Waals surface area (Å²) in [6.45, 7) is 16.1. The third-order valence-electron chi connectivity index (χ3n) is 7.39. The molecule has 0 fully saturated rings. The fraction of sp³-hybridized carbons (Fsp3) is 0.750. The van der Waals surface area contributed by atoms with Gasteiger partial charge >= 0.3 is 0 Å². The molecule has 1 aromatic carbocycles. The number of likely N-dealkylation sites (N-methyl/N-ethyl adjacent to an activating group) is 2. The molecular weight excluding hydrogens is 472 g/mol. The van der Waals surface area contributed by atoms with Gasteiger partial charge in [0.1, 0.15) is 0 Å². The van der Waals surface area contributed by atoms with E-state index in [4.69, 9.17) is 0 Å². The molecule has 0 aliphatic heterocycles. The van der Waals surface area contributed by atoms with Crippen LogP contribution in [-0.4, -0.2) is 74.0 Å². The first-order valence-corrected chi connectivity index (χ1v) is 15.7. The van der Waals surface area contributed by atoms with E-state index in [0.29, 0.717) is 24.2 Å². The van der Waals surface area contributed by atoms with Crippen LogP contribution in [0, 0.1) is 0 Å². The predicted octanol–water partition coefficient (Wildman–Crippen LogP) is 6.51. The van der Waals surface area contributed by atoms with Crippen molar-refractivity contribution >= 4 is 11.8 Å². The largest absolute Gasteiger partial charge is 0.351 e. The molecule has 0 aliphatic rings. The molecule has 218 valence electrons. The number of nitrogens with one attached hydrogen (secondary N) is 2. The Balaban J connectivity index is 2.28. The van der Waals surface area contributed by atoms with Crippen molar-refractivity contribution in [3.63, 3.8) is 0 Å². The van der Waals surface area contributed by atoms with Crippen LogP contribution in [0.5, 0.6) is 0 Å². The second-order valence-corrected chi connectivity index (χ2v) is 10.5. The summed E-state index contributed by atoms with van der Waals surface area (Å²) >= 11 is 0. The van der Waals surface area contributed by atoms with Crippen molar-refractivity contribution in [2.45, 2.75) is 105 Å². The van der Waals surface area contributed by atoms with Gasteiger partial charge in [0.05, 0.1) is 0 Å². The van der Waals surface area contributed by atoms with Crippen LogP contribution in [0.2, 0.25) is 0 Å². The number of hydrogen-bond donors (Lipinski definition) is 2. The number of hydrogen-bond acceptors (Lipinski definition) is 4. The number of unbranched alkanes of at least 4 members (excludes halogenated alkanes) is 10. The van der Waals surface area contributed by atoms with Crippen molar-refractivity contribution in [3.8, 4) is 0 Å². The third kappa shape index (κ3) is 16.1. The average molecular weight is 531 g/mol. The molecular formula is C32H58N4O2. The van der Waals surface area contributed by atoms with Gasteiger partial charge in [-0.15, -0.1) is 0 Å². The molecule has 0 unspecified atom stereocenters. The lowest BCUT2D eigenvalue weighted by atomic mass is 10.1. The standard InChI is InChI=1S/C32H58N4O2/c1-5-9-11-13-15-17-25-35(7-3)27-23-33-31(37)29-19-21-30(22-20-29)32(38)34-24-28-36(8-4)26-18-16-14-12-10-6-2/h19-22H,5-18,23-28H2,1-4H3,(H,33,37)(H,34,38). The minimum Gasteiger partial charge on any atom is -0.351 e. The summed E-state index contributed by atoms with van der Waals surface area (Å²) in [6.07, 6.45) is 15.6. The topological polar surface area (TPSA) is 64.7 Å². The first kappa shape index (κ1) is 34.1. The van der Waals surface area contributed by atoms with Gasteiger partial charge in [0, 0.05) is 37.3 Å². The van der Waals surface area contributed by atoms with Crippen molar-refractivity contribution in [2.24, 2.45) is 0 Å². The molecule has 2 amide bonds. The van der Waals surface area contributed by atoms with E-state index in [1.807, 2.05) is 0 Å². The summed E-state index contributed by atoms with van der Waals surface area (Å²) in [5, 5.41) is 6.06. The smallest absolute Gasteiger partial charge is 0.251 e. The van der Waals surface area contributed by atoms with Crippen molar-refractivity contribution in [2.75, 3.05) is 52.4 Å². The van der Waals surface area contributed by atoms with Crippen LogP contribution in [0.4, 0.5) is 0 Å². The molecule has 0 aromatic heterocycles. The Labute approximate surface area is 234 Å². The summed E-state index contributed by atoms with van der Waals surface area (Å²) in [4.78, 5) is 29.9. The van der Waals surface area contributed by atoms with Gasteiger partial charge in [0.2, 0.25) is 0 Å². The second kappa shape index (κ2) is 23.0. The van der Waals surface area contributed by atoms with Gasteiger partial charge in [-0.2, -0.15) is 0 Å². The van der Waals surface area contributed by atoms with Crippen LogP contribution < -0.4 is 10.6 Å². The Bertz CT molecular complexity index is 662. The number of benzene rings is 1. The van der Waals surface area contributed by atoms with Crippen molar-refractivity contribution in [1.82, 2.24) is 20.4 Å².